The third-order valence-electron chi connectivity index (χ3n) is 2.76. The van der Waals surface area contributed by atoms with Crippen LogP contribution in [0.3, 0.4) is 0 Å². The molecule has 3 heteroatoms. The van der Waals surface area contributed by atoms with E-state index < -0.39 is 0 Å². The molecular formula is C15H26N2O. The van der Waals surface area contributed by atoms with Crippen molar-refractivity contribution < 1.29 is 4.74 Å². The molecule has 0 saturated carbocycles. The van der Waals surface area contributed by atoms with E-state index in [1.165, 1.54) is 11.1 Å². The number of aryl methyl sites for hydroxylation is 1. The predicted octanol–water partition coefficient (Wildman–Crippen LogP) is 2.48. The smallest absolute Gasteiger partial charge is 0.122 e. The van der Waals surface area contributed by atoms with Crippen molar-refractivity contribution in [2.24, 2.45) is 0 Å². The molecule has 0 amide bonds. The quantitative estimate of drug-likeness (QED) is 0.761. The van der Waals surface area contributed by atoms with Crippen molar-refractivity contribution >= 4 is 0 Å². The summed E-state index contributed by atoms with van der Waals surface area (Å²) in [7, 11) is 1.72. The molecule has 0 bridgehead atoms. The largest absolute Gasteiger partial charge is 0.496 e. The van der Waals surface area contributed by atoms with Gasteiger partial charge in [0.05, 0.1) is 7.11 Å². The normalized spacial score (nSPS) is 11.6. The van der Waals surface area contributed by atoms with Gasteiger partial charge >= 0.3 is 0 Å². The Morgan fingerprint density at radius 3 is 2.50 bits per heavy atom. The van der Waals surface area contributed by atoms with Crippen molar-refractivity contribution in [3.8, 4) is 5.75 Å². The van der Waals surface area contributed by atoms with E-state index in [1.54, 1.807) is 7.11 Å². The number of benzene rings is 1. The van der Waals surface area contributed by atoms with Crippen LogP contribution < -0.4 is 15.4 Å². The van der Waals surface area contributed by atoms with Crippen LogP contribution in [0.5, 0.6) is 5.75 Å². The highest BCUT2D eigenvalue weighted by atomic mass is 16.5. The second-order valence-corrected chi connectivity index (χ2v) is 5.66. The molecule has 1 rings (SSSR count). The van der Waals surface area contributed by atoms with E-state index in [0.29, 0.717) is 0 Å². The van der Waals surface area contributed by atoms with Gasteiger partial charge in [0.2, 0.25) is 0 Å². The fourth-order valence-corrected chi connectivity index (χ4v) is 1.73. The number of nitrogens with one attached hydrogen (secondary N) is 2. The number of rotatable bonds is 6. The Morgan fingerprint density at radius 2 is 1.89 bits per heavy atom. The van der Waals surface area contributed by atoms with Crippen molar-refractivity contribution in [2.45, 2.75) is 39.8 Å². The first-order chi connectivity index (χ1) is 8.42. The van der Waals surface area contributed by atoms with Crippen LogP contribution in [-0.4, -0.2) is 25.7 Å². The molecule has 0 spiro atoms. The van der Waals surface area contributed by atoms with E-state index in [1.807, 2.05) is 0 Å². The summed E-state index contributed by atoms with van der Waals surface area (Å²) >= 11 is 0. The highest BCUT2D eigenvalue weighted by Crippen LogP contribution is 2.18. The van der Waals surface area contributed by atoms with E-state index in [-0.39, 0.29) is 5.54 Å². The van der Waals surface area contributed by atoms with E-state index in [4.69, 9.17) is 4.74 Å². The standard InChI is InChI=1S/C15H26N2O/c1-12-6-7-13(10-14(12)18-5)11-16-8-9-17-15(2,3)4/h6-7,10,16-17H,8-9,11H2,1-5H3. The maximum atomic E-state index is 5.32. The fourth-order valence-electron chi connectivity index (χ4n) is 1.73. The number of hydrogen-bond donors (Lipinski definition) is 2. The van der Waals surface area contributed by atoms with Gasteiger partial charge in [0.15, 0.2) is 0 Å². The van der Waals surface area contributed by atoms with Gasteiger partial charge in [-0.25, -0.2) is 0 Å². The summed E-state index contributed by atoms with van der Waals surface area (Å²) in [4.78, 5) is 0. The highest BCUT2D eigenvalue weighted by Gasteiger charge is 2.07. The van der Waals surface area contributed by atoms with Crippen molar-refractivity contribution in [1.82, 2.24) is 10.6 Å². The van der Waals surface area contributed by atoms with Crippen LogP contribution in [0.1, 0.15) is 31.9 Å². The van der Waals surface area contributed by atoms with Gasteiger partial charge in [-0.15, -0.1) is 0 Å². The lowest BCUT2D eigenvalue weighted by atomic mass is 10.1. The summed E-state index contributed by atoms with van der Waals surface area (Å²) in [6.45, 7) is 11.4. The Labute approximate surface area is 111 Å². The predicted molar refractivity (Wildman–Crippen MR) is 77.2 cm³/mol. The van der Waals surface area contributed by atoms with Gasteiger partial charge in [-0.05, 0) is 44.9 Å². The zero-order chi connectivity index (χ0) is 13.6. The van der Waals surface area contributed by atoms with E-state index in [0.717, 1.165) is 25.4 Å². The molecule has 0 radical (unpaired) electrons. The van der Waals surface area contributed by atoms with Gasteiger partial charge in [0, 0.05) is 25.2 Å². The first-order valence-corrected chi connectivity index (χ1v) is 6.51. The van der Waals surface area contributed by atoms with Crippen LogP contribution >= 0.6 is 0 Å². The molecule has 0 unspecified atom stereocenters. The van der Waals surface area contributed by atoms with Gasteiger partial charge in [-0.1, -0.05) is 12.1 Å². The second-order valence-electron chi connectivity index (χ2n) is 5.66. The minimum atomic E-state index is 0.189. The molecule has 1 aromatic carbocycles. The molecule has 0 aromatic heterocycles. The lowest BCUT2D eigenvalue weighted by Crippen LogP contribution is -2.40. The summed E-state index contributed by atoms with van der Waals surface area (Å²) in [5.74, 6) is 0.960. The van der Waals surface area contributed by atoms with Crippen LogP contribution in [0.4, 0.5) is 0 Å². The molecule has 0 fully saturated rings. The molecule has 0 aliphatic carbocycles. The van der Waals surface area contributed by atoms with Gasteiger partial charge in [0.25, 0.3) is 0 Å². The van der Waals surface area contributed by atoms with Gasteiger partial charge in [-0.3, -0.25) is 0 Å². The van der Waals surface area contributed by atoms with Crippen LogP contribution in [-0.2, 0) is 6.54 Å². The first-order valence-electron chi connectivity index (χ1n) is 6.51. The highest BCUT2D eigenvalue weighted by molar-refractivity contribution is 5.36. The van der Waals surface area contributed by atoms with E-state index >= 15 is 0 Å². The third-order valence-corrected chi connectivity index (χ3v) is 2.76. The minimum Gasteiger partial charge on any atom is -0.496 e. The zero-order valence-electron chi connectivity index (χ0n) is 12.3. The number of methoxy groups -OCH3 is 1. The maximum Gasteiger partial charge on any atom is 0.122 e. The average Bonchev–Trinajstić information content (AvgIpc) is 2.29. The molecule has 2 N–H and O–H groups in total. The Bertz CT molecular complexity index is 369. The van der Waals surface area contributed by atoms with Crippen LogP contribution in [0.25, 0.3) is 0 Å². The molecule has 0 saturated heterocycles. The van der Waals surface area contributed by atoms with Crippen LogP contribution in [0.2, 0.25) is 0 Å². The second kappa shape index (κ2) is 6.76. The third kappa shape index (κ3) is 5.52. The minimum absolute atomic E-state index is 0.189. The summed E-state index contributed by atoms with van der Waals surface area (Å²) in [6, 6.07) is 6.34. The molecule has 0 heterocycles. The first kappa shape index (κ1) is 15.0. The van der Waals surface area contributed by atoms with Gasteiger partial charge in [0.1, 0.15) is 5.75 Å². The molecule has 3 nitrogen and oxygen atoms in total. The lowest BCUT2D eigenvalue weighted by Gasteiger charge is -2.20. The van der Waals surface area contributed by atoms with Crippen molar-refractivity contribution in [1.29, 1.82) is 0 Å². The molecule has 1 aromatic rings. The summed E-state index contributed by atoms with van der Waals surface area (Å²) in [5.41, 5.74) is 2.62. The van der Waals surface area contributed by atoms with E-state index in [9.17, 15) is 0 Å². The van der Waals surface area contributed by atoms with Gasteiger partial charge < -0.3 is 15.4 Å². The lowest BCUT2D eigenvalue weighted by molar-refractivity contribution is 0.410. The van der Waals surface area contributed by atoms with Gasteiger partial charge in [-0.2, -0.15) is 0 Å². The molecule has 18 heavy (non-hydrogen) atoms. The van der Waals surface area contributed by atoms with E-state index in [2.05, 4.69) is 56.5 Å². The molecule has 0 aliphatic rings. The molecule has 0 atom stereocenters. The SMILES string of the molecule is COc1cc(CNCCNC(C)(C)C)ccc1C. The van der Waals surface area contributed by atoms with Crippen molar-refractivity contribution in [3.05, 3.63) is 29.3 Å². The molecule has 0 aliphatic heterocycles. The Hall–Kier alpha value is -1.06. The van der Waals surface area contributed by atoms with Crippen LogP contribution in [0, 0.1) is 6.92 Å². The van der Waals surface area contributed by atoms with Crippen molar-refractivity contribution in [2.75, 3.05) is 20.2 Å². The number of ether oxygens (including phenoxy) is 1. The summed E-state index contributed by atoms with van der Waals surface area (Å²) in [5, 5.41) is 6.88. The van der Waals surface area contributed by atoms with Crippen molar-refractivity contribution in [3.63, 3.8) is 0 Å². The topological polar surface area (TPSA) is 33.3 Å². The summed E-state index contributed by atoms with van der Waals surface area (Å²) < 4.78 is 5.32. The average molecular weight is 250 g/mol. The Balaban J connectivity index is 2.31. The monoisotopic (exact) mass is 250 g/mol. The maximum absolute atomic E-state index is 5.32. The molecule has 102 valence electrons. The molecular weight excluding hydrogens is 224 g/mol. The summed E-state index contributed by atoms with van der Waals surface area (Å²) in [6.07, 6.45) is 0. The number of hydrogen-bond acceptors (Lipinski definition) is 3. The fraction of sp³-hybridized carbons (Fsp3) is 0.600. The Kier molecular flexibility index (Phi) is 5.63. The Morgan fingerprint density at radius 1 is 1.17 bits per heavy atom. The zero-order valence-corrected chi connectivity index (χ0v) is 12.3. The van der Waals surface area contributed by atoms with Crippen LogP contribution in [0.15, 0.2) is 18.2 Å².